The van der Waals surface area contributed by atoms with Gasteiger partial charge in [-0.3, -0.25) is 9.59 Å². The molecule has 14 heavy (non-hydrogen) atoms. The molecule has 2 aliphatic heterocycles. The molecule has 3 fully saturated rings. The highest BCUT2D eigenvalue weighted by Gasteiger charge is 2.65. The maximum atomic E-state index is 10.8. The fourth-order valence-electron chi connectivity index (χ4n) is 2.49. The molecular weight excluding hydrogens is 210 g/mol. The van der Waals surface area contributed by atoms with Crippen LogP contribution in [0.2, 0.25) is 0 Å². The topological polar surface area (TPSA) is 86.6 Å². The molecule has 2 bridgehead atoms. The van der Waals surface area contributed by atoms with Gasteiger partial charge in [0.15, 0.2) is 0 Å². The Kier molecular flexibility index (Phi) is 2.49. The van der Waals surface area contributed by atoms with Crippen LogP contribution in [-0.2, 0) is 9.59 Å². The first-order valence-corrected chi connectivity index (χ1v) is 4.18. The van der Waals surface area contributed by atoms with Crippen molar-refractivity contribution in [3.8, 4) is 0 Å². The zero-order chi connectivity index (χ0) is 9.69. The number of piperidine rings is 2. The molecule has 0 amide bonds. The van der Waals surface area contributed by atoms with E-state index in [4.69, 9.17) is 10.2 Å². The Bertz CT molecular complexity index is 259. The summed E-state index contributed by atoms with van der Waals surface area (Å²) in [7, 11) is 0. The van der Waals surface area contributed by atoms with E-state index < -0.39 is 22.8 Å². The second kappa shape index (κ2) is 3.10. The fraction of sp³-hybridized carbons (Fsp3) is 0.750. The molecule has 1 saturated carbocycles. The number of rotatable bonds is 2. The van der Waals surface area contributed by atoms with Crippen LogP contribution in [0.3, 0.4) is 0 Å². The van der Waals surface area contributed by atoms with E-state index in [-0.39, 0.29) is 25.2 Å². The molecule has 0 unspecified atom stereocenters. The van der Waals surface area contributed by atoms with E-state index in [9.17, 15) is 9.59 Å². The van der Waals surface area contributed by atoms with Gasteiger partial charge in [-0.1, -0.05) is 0 Å². The van der Waals surface area contributed by atoms with E-state index in [2.05, 4.69) is 5.32 Å². The molecule has 3 aliphatic rings. The lowest BCUT2D eigenvalue weighted by molar-refractivity contribution is -0.185. The van der Waals surface area contributed by atoms with Gasteiger partial charge in [0.05, 0.1) is 10.8 Å². The summed E-state index contributed by atoms with van der Waals surface area (Å²) in [6.45, 7) is 0.800. The molecule has 0 aromatic rings. The minimum Gasteiger partial charge on any atom is -0.481 e. The lowest BCUT2D eigenvalue weighted by Gasteiger charge is -2.55. The van der Waals surface area contributed by atoms with Crippen molar-refractivity contribution in [1.82, 2.24) is 5.32 Å². The van der Waals surface area contributed by atoms with E-state index in [1.807, 2.05) is 0 Å². The Balaban J connectivity index is 0.000000980. The van der Waals surface area contributed by atoms with Gasteiger partial charge in [-0.2, -0.15) is 0 Å². The molecule has 3 N–H and O–H groups in total. The van der Waals surface area contributed by atoms with Crippen molar-refractivity contribution in [1.29, 1.82) is 0 Å². The molecule has 3 rings (SSSR count). The fourth-order valence-corrected chi connectivity index (χ4v) is 2.49. The lowest BCUT2D eigenvalue weighted by atomic mass is 9.50. The molecule has 0 spiro atoms. The van der Waals surface area contributed by atoms with Gasteiger partial charge in [0.2, 0.25) is 0 Å². The van der Waals surface area contributed by atoms with Crippen molar-refractivity contribution in [3.63, 3.8) is 0 Å². The zero-order valence-corrected chi connectivity index (χ0v) is 8.26. The molecular formula is C8H12ClNO4. The van der Waals surface area contributed by atoms with Gasteiger partial charge in [-0.15, -0.1) is 12.4 Å². The Morgan fingerprint density at radius 3 is 1.64 bits per heavy atom. The third kappa shape index (κ3) is 1.19. The summed E-state index contributed by atoms with van der Waals surface area (Å²) < 4.78 is 0. The van der Waals surface area contributed by atoms with Crippen molar-refractivity contribution in [2.75, 3.05) is 13.1 Å². The first-order valence-electron chi connectivity index (χ1n) is 4.18. The number of nitrogens with one attached hydrogen (secondary N) is 1. The zero-order valence-electron chi connectivity index (χ0n) is 7.45. The molecule has 2 heterocycles. The highest BCUT2D eigenvalue weighted by Crippen LogP contribution is 2.56. The van der Waals surface area contributed by atoms with Crippen molar-refractivity contribution < 1.29 is 19.8 Å². The van der Waals surface area contributed by atoms with Crippen LogP contribution in [0.25, 0.3) is 0 Å². The molecule has 2 saturated heterocycles. The van der Waals surface area contributed by atoms with Gasteiger partial charge >= 0.3 is 11.9 Å². The van der Waals surface area contributed by atoms with Crippen molar-refractivity contribution in [2.24, 2.45) is 10.8 Å². The number of fused-ring (bicyclic) bond motifs is 2. The largest absolute Gasteiger partial charge is 0.481 e. The monoisotopic (exact) mass is 221 g/mol. The maximum Gasteiger partial charge on any atom is 0.311 e. The van der Waals surface area contributed by atoms with Crippen LogP contribution >= 0.6 is 12.4 Å². The Morgan fingerprint density at radius 1 is 1.00 bits per heavy atom. The summed E-state index contributed by atoms with van der Waals surface area (Å²) in [6, 6.07) is 0. The third-order valence-corrected chi connectivity index (χ3v) is 3.19. The Labute approximate surface area is 86.9 Å². The summed E-state index contributed by atoms with van der Waals surface area (Å²) in [5.74, 6) is -1.76. The molecule has 0 atom stereocenters. The van der Waals surface area contributed by atoms with Crippen LogP contribution in [0, 0.1) is 10.8 Å². The molecule has 0 radical (unpaired) electrons. The van der Waals surface area contributed by atoms with Gasteiger partial charge in [-0.05, 0) is 12.8 Å². The third-order valence-electron chi connectivity index (χ3n) is 3.19. The summed E-state index contributed by atoms with van der Waals surface area (Å²) in [5, 5.41) is 20.7. The number of carboxylic acids is 2. The predicted molar refractivity (Wildman–Crippen MR) is 49.5 cm³/mol. The molecule has 80 valence electrons. The number of aliphatic carboxylic acids is 2. The van der Waals surface area contributed by atoms with Crippen LogP contribution in [0.5, 0.6) is 0 Å². The molecule has 5 nitrogen and oxygen atoms in total. The molecule has 6 heteroatoms. The summed E-state index contributed by atoms with van der Waals surface area (Å²) in [4.78, 5) is 21.7. The van der Waals surface area contributed by atoms with Crippen molar-refractivity contribution >= 4 is 24.3 Å². The second-order valence-electron chi connectivity index (χ2n) is 4.13. The first-order chi connectivity index (χ1) is 6.01. The lowest BCUT2D eigenvalue weighted by Crippen LogP contribution is -2.67. The molecule has 0 aromatic heterocycles. The number of halogens is 1. The van der Waals surface area contributed by atoms with Crippen LogP contribution < -0.4 is 5.32 Å². The highest BCUT2D eigenvalue weighted by molar-refractivity contribution is 5.85. The maximum absolute atomic E-state index is 10.8. The predicted octanol–water partition coefficient (Wildman–Crippen LogP) is -0.0528. The standard InChI is InChI=1S/C8H11NO4.ClH/c10-5(11)7-1-8(2-7,6(12)13)4-9-3-7;/h9H,1-4H2,(H,10,11)(H,12,13);1H. The van der Waals surface area contributed by atoms with Crippen LogP contribution in [0.4, 0.5) is 0 Å². The van der Waals surface area contributed by atoms with Gasteiger partial charge in [-0.25, -0.2) is 0 Å². The number of hydrogen-bond donors (Lipinski definition) is 3. The first kappa shape index (κ1) is 11.3. The Morgan fingerprint density at radius 2 is 1.36 bits per heavy atom. The number of carbonyl (C=O) groups is 2. The van der Waals surface area contributed by atoms with E-state index in [1.54, 1.807) is 0 Å². The summed E-state index contributed by atoms with van der Waals surface area (Å²) >= 11 is 0. The highest BCUT2D eigenvalue weighted by atomic mass is 35.5. The smallest absolute Gasteiger partial charge is 0.311 e. The minimum atomic E-state index is -0.878. The van der Waals surface area contributed by atoms with Gasteiger partial charge in [0, 0.05) is 13.1 Å². The van der Waals surface area contributed by atoms with Crippen LogP contribution in [-0.4, -0.2) is 35.2 Å². The quantitative estimate of drug-likeness (QED) is 0.609. The van der Waals surface area contributed by atoms with E-state index >= 15 is 0 Å². The average molecular weight is 222 g/mol. The van der Waals surface area contributed by atoms with Gasteiger partial charge in [0.25, 0.3) is 0 Å². The summed E-state index contributed by atoms with van der Waals surface area (Å²) in [5.41, 5.74) is -1.62. The number of hydrogen-bond acceptors (Lipinski definition) is 3. The van der Waals surface area contributed by atoms with E-state index in [0.717, 1.165) is 0 Å². The minimum absolute atomic E-state index is 0. The number of carboxylic acid groups (broad SMARTS) is 2. The normalized spacial score (nSPS) is 39.1. The van der Waals surface area contributed by atoms with Crippen molar-refractivity contribution in [2.45, 2.75) is 12.8 Å². The van der Waals surface area contributed by atoms with Crippen LogP contribution in [0.1, 0.15) is 12.8 Å². The summed E-state index contributed by atoms with van der Waals surface area (Å²) in [6.07, 6.45) is 0.551. The average Bonchev–Trinajstić information content (AvgIpc) is 2.02. The van der Waals surface area contributed by atoms with Crippen LogP contribution in [0.15, 0.2) is 0 Å². The van der Waals surface area contributed by atoms with Crippen molar-refractivity contribution in [3.05, 3.63) is 0 Å². The van der Waals surface area contributed by atoms with Gasteiger partial charge in [0.1, 0.15) is 0 Å². The van der Waals surface area contributed by atoms with E-state index in [1.165, 1.54) is 0 Å². The molecule has 1 aliphatic carbocycles. The second-order valence-corrected chi connectivity index (χ2v) is 4.13. The Hall–Kier alpha value is -0.810. The SMILES string of the molecule is Cl.O=C(O)C12CNCC(C(=O)O)(C1)C2. The van der Waals surface area contributed by atoms with E-state index in [0.29, 0.717) is 13.1 Å². The molecule has 0 aromatic carbocycles. The van der Waals surface area contributed by atoms with Gasteiger partial charge < -0.3 is 15.5 Å².